The molecule has 0 bridgehead atoms. The van der Waals surface area contributed by atoms with Crippen LogP contribution in [0.1, 0.15) is 21.9 Å². The van der Waals surface area contributed by atoms with E-state index >= 15 is 0 Å². The summed E-state index contributed by atoms with van der Waals surface area (Å²) in [6.07, 6.45) is -3.43. The number of imidazole rings is 1. The number of ether oxygens (including phenoxy) is 1. The Hall–Kier alpha value is -3.47. The number of rotatable bonds is 4. The summed E-state index contributed by atoms with van der Waals surface area (Å²) >= 11 is 1.16. The maximum absolute atomic E-state index is 13.6. The quantitative estimate of drug-likeness (QED) is 0.514. The first-order valence-electron chi connectivity index (χ1n) is 8.60. The summed E-state index contributed by atoms with van der Waals surface area (Å²) in [4.78, 5) is 20.1. The minimum Gasteiger partial charge on any atom is -0.497 e. The van der Waals surface area contributed by atoms with Gasteiger partial charge in [0.25, 0.3) is 5.91 Å². The van der Waals surface area contributed by atoms with Gasteiger partial charge in [-0.15, -0.1) is 0 Å². The highest BCUT2D eigenvalue weighted by molar-refractivity contribution is 7.04. The number of benzene rings is 1. The fourth-order valence-electron chi connectivity index (χ4n) is 2.92. The van der Waals surface area contributed by atoms with Gasteiger partial charge in [0.1, 0.15) is 11.6 Å². The van der Waals surface area contributed by atoms with Crippen LogP contribution >= 0.6 is 11.5 Å². The van der Waals surface area contributed by atoms with E-state index in [-0.39, 0.29) is 22.5 Å². The lowest BCUT2D eigenvalue weighted by Gasteiger charge is -2.12. The zero-order valence-corrected chi connectivity index (χ0v) is 16.5. The predicted molar refractivity (Wildman–Crippen MR) is 105 cm³/mol. The molecule has 0 saturated carbocycles. The highest BCUT2D eigenvalue weighted by Gasteiger charge is 2.38. The molecule has 4 aromatic rings. The van der Waals surface area contributed by atoms with Crippen LogP contribution in [0.3, 0.4) is 0 Å². The average molecular weight is 433 g/mol. The second kappa shape index (κ2) is 7.41. The summed E-state index contributed by atoms with van der Waals surface area (Å²) in [5.74, 6) is -0.869. The van der Waals surface area contributed by atoms with Crippen LogP contribution in [-0.4, -0.2) is 31.9 Å². The van der Waals surface area contributed by atoms with Crippen LogP contribution < -0.4 is 10.1 Å². The van der Waals surface area contributed by atoms with Gasteiger partial charge in [0.05, 0.1) is 41.3 Å². The maximum Gasteiger partial charge on any atom is 0.450 e. The van der Waals surface area contributed by atoms with E-state index in [0.717, 1.165) is 16.1 Å². The molecule has 0 unspecified atom stereocenters. The molecule has 0 aliphatic rings. The van der Waals surface area contributed by atoms with Crippen molar-refractivity contribution < 1.29 is 22.7 Å². The van der Waals surface area contributed by atoms with Crippen LogP contribution in [-0.2, 0) is 6.18 Å². The number of hydrogen-bond acceptors (Lipinski definition) is 6. The Kier molecular flexibility index (Phi) is 4.90. The molecule has 7 nitrogen and oxygen atoms in total. The molecule has 0 aliphatic heterocycles. The first-order chi connectivity index (χ1) is 14.3. The second-order valence-electron chi connectivity index (χ2n) is 6.29. The molecular weight excluding hydrogens is 419 g/mol. The minimum atomic E-state index is -4.68. The highest BCUT2D eigenvalue weighted by Crippen LogP contribution is 2.34. The fraction of sp³-hybridized carbons (Fsp3) is 0.158. The number of carbonyl (C=O) groups is 1. The first-order valence-corrected chi connectivity index (χ1v) is 9.44. The van der Waals surface area contributed by atoms with Crippen molar-refractivity contribution >= 4 is 34.3 Å². The van der Waals surface area contributed by atoms with E-state index in [0.29, 0.717) is 17.0 Å². The summed E-state index contributed by atoms with van der Waals surface area (Å²) < 4.78 is 50.9. The third-order valence-corrected chi connectivity index (χ3v) is 5.08. The zero-order chi connectivity index (χ0) is 21.5. The molecule has 0 saturated heterocycles. The van der Waals surface area contributed by atoms with Gasteiger partial charge in [-0.25, -0.2) is 9.97 Å². The van der Waals surface area contributed by atoms with Gasteiger partial charge in [-0.05, 0) is 42.7 Å². The number of alkyl halides is 3. The molecule has 1 aromatic carbocycles. The number of aryl methyl sites for hydroxylation is 1. The molecule has 4 rings (SSSR count). The van der Waals surface area contributed by atoms with E-state index < -0.39 is 17.9 Å². The van der Waals surface area contributed by atoms with Crippen molar-refractivity contribution in [3.8, 4) is 11.4 Å². The van der Waals surface area contributed by atoms with Crippen molar-refractivity contribution in [1.82, 2.24) is 18.9 Å². The van der Waals surface area contributed by atoms with Crippen LogP contribution in [0.15, 0.2) is 41.9 Å². The monoisotopic (exact) mass is 433 g/mol. The van der Waals surface area contributed by atoms with Crippen LogP contribution in [0.4, 0.5) is 19.0 Å². The van der Waals surface area contributed by atoms with Crippen LogP contribution in [0.5, 0.6) is 5.75 Å². The molecule has 1 N–H and O–H groups in total. The van der Waals surface area contributed by atoms with Crippen molar-refractivity contribution in [2.45, 2.75) is 13.1 Å². The van der Waals surface area contributed by atoms with Gasteiger partial charge in [-0.2, -0.15) is 17.5 Å². The Labute approximate surface area is 172 Å². The SMILES string of the molecule is COc1ccc2c(c1)nc(C(F)(F)F)n2-c1ccc(NC(=O)c2csnc2C)nc1. The molecule has 0 fully saturated rings. The van der Waals surface area contributed by atoms with Crippen molar-refractivity contribution in [3.05, 3.63) is 59.0 Å². The molecule has 1 amide bonds. The normalized spacial score (nSPS) is 11.6. The lowest BCUT2D eigenvalue weighted by Crippen LogP contribution is -2.15. The Morgan fingerprint density at radius 2 is 2.03 bits per heavy atom. The smallest absolute Gasteiger partial charge is 0.450 e. The summed E-state index contributed by atoms with van der Waals surface area (Å²) in [7, 11) is 1.42. The number of anilines is 1. The van der Waals surface area contributed by atoms with Gasteiger partial charge in [-0.3, -0.25) is 9.36 Å². The lowest BCUT2D eigenvalue weighted by molar-refractivity contribution is -0.145. The molecule has 0 aliphatic carbocycles. The topological polar surface area (TPSA) is 81.9 Å². The Bertz CT molecular complexity index is 1230. The number of carbonyl (C=O) groups excluding carboxylic acids is 1. The maximum atomic E-state index is 13.6. The number of halogens is 3. The van der Waals surface area contributed by atoms with Crippen LogP contribution in [0, 0.1) is 6.92 Å². The standard InChI is InChI=1S/C19H14F3N5O2S/c1-10-13(9-30-26-10)17(28)25-16-6-3-11(8-23-16)27-15-5-4-12(29-2)7-14(15)24-18(27)19(20,21)22/h3-9H,1-2H3,(H,23,25,28). The molecule has 30 heavy (non-hydrogen) atoms. The Morgan fingerprint density at radius 1 is 1.23 bits per heavy atom. The third kappa shape index (κ3) is 3.59. The summed E-state index contributed by atoms with van der Waals surface area (Å²) in [5.41, 5.74) is 1.55. The highest BCUT2D eigenvalue weighted by atomic mass is 32.1. The number of hydrogen-bond donors (Lipinski definition) is 1. The summed E-state index contributed by atoms with van der Waals surface area (Å²) in [6.45, 7) is 1.71. The van der Waals surface area contributed by atoms with Crippen molar-refractivity contribution in [2.24, 2.45) is 0 Å². The van der Waals surface area contributed by atoms with Gasteiger partial charge >= 0.3 is 6.18 Å². The Balaban J connectivity index is 1.71. The number of methoxy groups -OCH3 is 1. The molecule has 0 spiro atoms. The first kappa shape index (κ1) is 19.8. The molecule has 154 valence electrons. The van der Waals surface area contributed by atoms with E-state index in [9.17, 15) is 18.0 Å². The van der Waals surface area contributed by atoms with Gasteiger partial charge in [-0.1, -0.05) is 0 Å². The lowest BCUT2D eigenvalue weighted by atomic mass is 10.2. The Morgan fingerprint density at radius 3 is 2.63 bits per heavy atom. The van der Waals surface area contributed by atoms with Crippen LogP contribution in [0.25, 0.3) is 16.7 Å². The van der Waals surface area contributed by atoms with Gasteiger partial charge < -0.3 is 10.1 Å². The summed E-state index contributed by atoms with van der Waals surface area (Å²) in [5, 5.41) is 4.22. The van der Waals surface area contributed by atoms with Crippen LogP contribution in [0.2, 0.25) is 0 Å². The number of amides is 1. The largest absolute Gasteiger partial charge is 0.497 e. The fourth-order valence-corrected chi connectivity index (χ4v) is 3.62. The number of aromatic nitrogens is 4. The number of nitrogens with zero attached hydrogens (tertiary/aromatic N) is 4. The molecule has 0 atom stereocenters. The van der Waals surface area contributed by atoms with Gasteiger partial charge in [0, 0.05) is 11.4 Å². The average Bonchev–Trinajstić information content (AvgIpc) is 3.31. The predicted octanol–water partition coefficient (Wildman–Crippen LogP) is 4.47. The zero-order valence-electron chi connectivity index (χ0n) is 15.7. The summed E-state index contributed by atoms with van der Waals surface area (Å²) in [6, 6.07) is 7.35. The third-order valence-electron chi connectivity index (χ3n) is 4.36. The van der Waals surface area contributed by atoms with E-state index in [4.69, 9.17) is 4.74 Å². The van der Waals surface area contributed by atoms with E-state index in [1.807, 2.05) is 0 Å². The molecular formula is C19H14F3N5O2S. The molecule has 3 aromatic heterocycles. The number of pyridine rings is 1. The molecule has 11 heteroatoms. The minimum absolute atomic E-state index is 0.138. The number of fused-ring (bicyclic) bond motifs is 1. The second-order valence-corrected chi connectivity index (χ2v) is 6.92. The van der Waals surface area contributed by atoms with E-state index in [2.05, 4.69) is 19.7 Å². The molecule has 3 heterocycles. The van der Waals surface area contributed by atoms with Crippen molar-refractivity contribution in [2.75, 3.05) is 12.4 Å². The van der Waals surface area contributed by atoms with Gasteiger partial charge in [0.2, 0.25) is 5.82 Å². The number of nitrogens with one attached hydrogen (secondary N) is 1. The van der Waals surface area contributed by atoms with E-state index in [1.54, 1.807) is 18.4 Å². The van der Waals surface area contributed by atoms with Crippen molar-refractivity contribution in [1.29, 1.82) is 0 Å². The van der Waals surface area contributed by atoms with Crippen molar-refractivity contribution in [3.63, 3.8) is 0 Å². The molecule has 0 radical (unpaired) electrons. The van der Waals surface area contributed by atoms with E-state index in [1.165, 1.54) is 37.6 Å². The van der Waals surface area contributed by atoms with Gasteiger partial charge in [0.15, 0.2) is 0 Å².